The second-order valence-electron chi connectivity index (χ2n) is 6.47. The summed E-state index contributed by atoms with van der Waals surface area (Å²) in [6.07, 6.45) is 0. The number of nitrogens with one attached hydrogen (secondary N) is 2. The number of ether oxygens (including phenoxy) is 3. The molecule has 2 amide bonds. The predicted molar refractivity (Wildman–Crippen MR) is 118 cm³/mol. The first-order valence-electron chi connectivity index (χ1n) is 9.81. The van der Waals surface area contributed by atoms with E-state index in [4.69, 9.17) is 14.2 Å². The molecule has 0 saturated carbocycles. The maximum Gasteiger partial charge on any atom is 0.251 e. The molecular formula is C24H24N2O5. The Morgan fingerprint density at radius 3 is 2.26 bits per heavy atom. The number of carbonyl (C=O) groups is 2. The van der Waals surface area contributed by atoms with Crippen LogP contribution in [0.15, 0.2) is 72.8 Å². The van der Waals surface area contributed by atoms with Crippen LogP contribution in [0.2, 0.25) is 0 Å². The van der Waals surface area contributed by atoms with E-state index in [1.807, 2.05) is 37.3 Å². The van der Waals surface area contributed by atoms with Crippen LogP contribution in [0.3, 0.4) is 0 Å². The van der Waals surface area contributed by atoms with E-state index >= 15 is 0 Å². The second-order valence-corrected chi connectivity index (χ2v) is 6.47. The Balaban J connectivity index is 1.51. The van der Waals surface area contributed by atoms with Crippen molar-refractivity contribution < 1.29 is 23.8 Å². The summed E-state index contributed by atoms with van der Waals surface area (Å²) in [4.78, 5) is 24.5. The zero-order valence-electron chi connectivity index (χ0n) is 17.4. The first-order valence-corrected chi connectivity index (χ1v) is 9.81. The fourth-order valence-corrected chi connectivity index (χ4v) is 2.79. The number of amides is 2. The number of rotatable bonds is 9. The molecule has 160 valence electrons. The van der Waals surface area contributed by atoms with Gasteiger partial charge in [0, 0.05) is 17.3 Å². The average Bonchev–Trinajstić information content (AvgIpc) is 2.80. The van der Waals surface area contributed by atoms with E-state index in [9.17, 15) is 9.59 Å². The smallest absolute Gasteiger partial charge is 0.251 e. The Labute approximate surface area is 180 Å². The normalized spacial score (nSPS) is 10.1. The number of benzene rings is 3. The first kappa shape index (κ1) is 21.7. The molecule has 3 aromatic rings. The number of carbonyl (C=O) groups excluding carboxylic acids is 2. The Hall–Kier alpha value is -4.00. The molecule has 0 spiro atoms. The first-order chi connectivity index (χ1) is 15.1. The van der Waals surface area contributed by atoms with Gasteiger partial charge in [-0.05, 0) is 55.5 Å². The molecule has 0 heterocycles. The zero-order valence-corrected chi connectivity index (χ0v) is 17.4. The topological polar surface area (TPSA) is 85.9 Å². The molecule has 0 bridgehead atoms. The number of hydrogen-bond donors (Lipinski definition) is 2. The molecule has 0 aliphatic carbocycles. The molecule has 31 heavy (non-hydrogen) atoms. The van der Waals surface area contributed by atoms with Crippen molar-refractivity contribution in [1.82, 2.24) is 5.32 Å². The van der Waals surface area contributed by atoms with Crippen LogP contribution in [-0.2, 0) is 4.79 Å². The van der Waals surface area contributed by atoms with Gasteiger partial charge in [-0.25, -0.2) is 0 Å². The molecule has 0 radical (unpaired) electrons. The van der Waals surface area contributed by atoms with Gasteiger partial charge in [0.2, 0.25) is 5.91 Å². The lowest BCUT2D eigenvalue weighted by atomic mass is 10.2. The van der Waals surface area contributed by atoms with Gasteiger partial charge in [-0.2, -0.15) is 0 Å². The van der Waals surface area contributed by atoms with E-state index in [1.165, 1.54) is 7.11 Å². The lowest BCUT2D eigenvalue weighted by Crippen LogP contribution is -2.32. The second kappa shape index (κ2) is 10.7. The van der Waals surface area contributed by atoms with Gasteiger partial charge in [0.15, 0.2) is 11.5 Å². The van der Waals surface area contributed by atoms with Gasteiger partial charge in [-0.15, -0.1) is 0 Å². The van der Waals surface area contributed by atoms with E-state index in [2.05, 4.69) is 10.6 Å². The van der Waals surface area contributed by atoms with Crippen LogP contribution in [0, 0.1) is 0 Å². The Morgan fingerprint density at radius 1 is 0.871 bits per heavy atom. The quantitative estimate of drug-likeness (QED) is 0.540. The van der Waals surface area contributed by atoms with Gasteiger partial charge in [-0.1, -0.05) is 18.2 Å². The number of hydrogen-bond acceptors (Lipinski definition) is 5. The summed E-state index contributed by atoms with van der Waals surface area (Å²) in [6.45, 7) is 2.21. The third-order valence-electron chi connectivity index (χ3n) is 4.25. The van der Waals surface area contributed by atoms with Crippen LogP contribution in [0.1, 0.15) is 17.3 Å². The Bertz CT molecular complexity index is 1020. The van der Waals surface area contributed by atoms with E-state index in [0.717, 1.165) is 0 Å². The standard InChI is InChI=1S/C24H24N2O5/c1-3-30-21-14-11-18(15-22(21)29-2)26-23(27)16-25-24(28)17-9-12-20(13-10-17)31-19-7-5-4-6-8-19/h4-15H,3,16H2,1-2H3,(H,25,28)(H,26,27). The average molecular weight is 420 g/mol. The fraction of sp³-hybridized carbons (Fsp3) is 0.167. The van der Waals surface area contributed by atoms with Gasteiger partial charge in [0.05, 0.1) is 20.3 Å². The molecule has 3 rings (SSSR count). The van der Waals surface area contributed by atoms with Gasteiger partial charge in [-0.3, -0.25) is 9.59 Å². The van der Waals surface area contributed by atoms with Crippen molar-refractivity contribution in [3.63, 3.8) is 0 Å². The molecule has 2 N–H and O–H groups in total. The molecule has 0 fully saturated rings. The molecular weight excluding hydrogens is 396 g/mol. The van der Waals surface area contributed by atoms with Crippen LogP contribution in [-0.4, -0.2) is 32.1 Å². The molecule has 0 atom stereocenters. The van der Waals surface area contributed by atoms with Gasteiger partial charge in [0.1, 0.15) is 11.5 Å². The summed E-state index contributed by atoms with van der Waals surface area (Å²) < 4.78 is 16.4. The summed E-state index contributed by atoms with van der Waals surface area (Å²) in [6, 6.07) is 21.1. The highest BCUT2D eigenvalue weighted by Crippen LogP contribution is 2.30. The van der Waals surface area contributed by atoms with Gasteiger partial charge < -0.3 is 24.8 Å². The maximum absolute atomic E-state index is 12.3. The van der Waals surface area contributed by atoms with E-state index < -0.39 is 0 Å². The lowest BCUT2D eigenvalue weighted by molar-refractivity contribution is -0.115. The van der Waals surface area contributed by atoms with Gasteiger partial charge >= 0.3 is 0 Å². The number of para-hydroxylation sites is 1. The minimum Gasteiger partial charge on any atom is -0.493 e. The Kier molecular flexibility index (Phi) is 7.48. The highest BCUT2D eigenvalue weighted by molar-refractivity contribution is 5.99. The highest BCUT2D eigenvalue weighted by atomic mass is 16.5. The molecule has 7 heteroatoms. The van der Waals surface area contributed by atoms with Crippen molar-refractivity contribution in [2.45, 2.75) is 6.92 Å². The maximum atomic E-state index is 12.3. The number of methoxy groups -OCH3 is 1. The highest BCUT2D eigenvalue weighted by Gasteiger charge is 2.11. The van der Waals surface area contributed by atoms with Crippen LogP contribution in [0.25, 0.3) is 0 Å². The largest absolute Gasteiger partial charge is 0.493 e. The lowest BCUT2D eigenvalue weighted by Gasteiger charge is -2.12. The zero-order chi connectivity index (χ0) is 22.1. The fourth-order valence-electron chi connectivity index (χ4n) is 2.79. The monoisotopic (exact) mass is 420 g/mol. The summed E-state index contributed by atoms with van der Waals surface area (Å²) in [7, 11) is 1.53. The summed E-state index contributed by atoms with van der Waals surface area (Å²) >= 11 is 0. The summed E-state index contributed by atoms with van der Waals surface area (Å²) in [5.74, 6) is 1.72. The van der Waals surface area contributed by atoms with Crippen LogP contribution >= 0.6 is 0 Å². The van der Waals surface area contributed by atoms with Crippen molar-refractivity contribution >= 4 is 17.5 Å². The minimum absolute atomic E-state index is 0.170. The Morgan fingerprint density at radius 2 is 1.58 bits per heavy atom. The molecule has 3 aromatic carbocycles. The van der Waals surface area contributed by atoms with Crippen molar-refractivity contribution in [2.24, 2.45) is 0 Å². The van der Waals surface area contributed by atoms with Gasteiger partial charge in [0.25, 0.3) is 5.91 Å². The third kappa shape index (κ3) is 6.24. The molecule has 0 unspecified atom stereocenters. The molecule has 7 nitrogen and oxygen atoms in total. The molecule has 0 aliphatic rings. The summed E-state index contributed by atoms with van der Waals surface area (Å²) in [5.41, 5.74) is 0.970. The molecule has 0 aliphatic heterocycles. The van der Waals surface area contributed by atoms with Crippen molar-refractivity contribution in [3.8, 4) is 23.0 Å². The van der Waals surface area contributed by atoms with E-state index in [1.54, 1.807) is 42.5 Å². The number of anilines is 1. The predicted octanol–water partition coefficient (Wildman–Crippen LogP) is 4.25. The summed E-state index contributed by atoms with van der Waals surface area (Å²) in [5, 5.41) is 5.32. The molecule has 0 aromatic heterocycles. The van der Waals surface area contributed by atoms with Crippen LogP contribution < -0.4 is 24.8 Å². The van der Waals surface area contributed by atoms with E-state index in [-0.39, 0.29) is 18.4 Å². The van der Waals surface area contributed by atoms with Crippen molar-refractivity contribution in [3.05, 3.63) is 78.4 Å². The minimum atomic E-state index is -0.358. The van der Waals surface area contributed by atoms with Crippen LogP contribution in [0.5, 0.6) is 23.0 Å². The van der Waals surface area contributed by atoms with Crippen LogP contribution in [0.4, 0.5) is 5.69 Å². The van der Waals surface area contributed by atoms with Crippen molar-refractivity contribution in [2.75, 3.05) is 25.6 Å². The third-order valence-corrected chi connectivity index (χ3v) is 4.25. The van der Waals surface area contributed by atoms with Crippen molar-refractivity contribution in [1.29, 1.82) is 0 Å². The molecule has 0 saturated heterocycles. The van der Waals surface area contributed by atoms with E-state index in [0.29, 0.717) is 40.9 Å². The SMILES string of the molecule is CCOc1ccc(NC(=O)CNC(=O)c2ccc(Oc3ccccc3)cc2)cc1OC.